The molecule has 0 amide bonds. The second kappa shape index (κ2) is 6.64. The van der Waals surface area contributed by atoms with Crippen LogP contribution < -0.4 is 0 Å². The lowest BCUT2D eigenvalue weighted by Gasteiger charge is -2.20. The van der Waals surface area contributed by atoms with E-state index in [1.54, 1.807) is 0 Å². The maximum absolute atomic E-state index is 4.04. The van der Waals surface area contributed by atoms with Crippen molar-refractivity contribution in [2.75, 3.05) is 6.54 Å². The number of benzene rings is 1. The van der Waals surface area contributed by atoms with Crippen LogP contribution in [0.15, 0.2) is 61.8 Å². The minimum atomic E-state index is 0.925. The molecule has 0 unspecified atom stereocenters. The Hall–Kier alpha value is -2.03. The van der Waals surface area contributed by atoms with Crippen LogP contribution in [-0.4, -0.2) is 21.0 Å². The van der Waals surface area contributed by atoms with Gasteiger partial charge in [-0.2, -0.15) is 0 Å². The fraction of sp³-hybridized carbons (Fsp3) is 0.267. The molecule has 0 saturated carbocycles. The van der Waals surface area contributed by atoms with Gasteiger partial charge in [0, 0.05) is 32.0 Å². The number of rotatable bonds is 7. The van der Waals surface area contributed by atoms with E-state index < -0.39 is 0 Å². The van der Waals surface area contributed by atoms with E-state index in [4.69, 9.17) is 0 Å². The average Bonchev–Trinajstić information content (AvgIpc) is 2.92. The van der Waals surface area contributed by atoms with E-state index in [9.17, 15) is 0 Å². The van der Waals surface area contributed by atoms with Crippen molar-refractivity contribution in [3.63, 3.8) is 0 Å². The van der Waals surface area contributed by atoms with Crippen LogP contribution in [0, 0.1) is 0 Å². The number of hydrogen-bond donors (Lipinski definition) is 0. The van der Waals surface area contributed by atoms with Gasteiger partial charge in [-0.3, -0.25) is 0 Å². The third kappa shape index (κ3) is 3.77. The van der Waals surface area contributed by atoms with Crippen LogP contribution in [0.2, 0.25) is 0 Å². The molecule has 2 aromatic rings. The molecule has 0 aliphatic carbocycles. The number of hydrogen-bond acceptors (Lipinski definition) is 2. The molecule has 0 bridgehead atoms. The Labute approximate surface area is 108 Å². The van der Waals surface area contributed by atoms with Crippen molar-refractivity contribution in [1.29, 1.82) is 0 Å². The lowest BCUT2D eigenvalue weighted by Crippen LogP contribution is -2.18. The van der Waals surface area contributed by atoms with Crippen LogP contribution in [0.3, 0.4) is 0 Å². The summed E-state index contributed by atoms with van der Waals surface area (Å²) in [5, 5.41) is 0. The minimum Gasteiger partial charge on any atom is -0.374 e. The first-order valence-electron chi connectivity index (χ1n) is 6.25. The molecule has 0 spiro atoms. The zero-order chi connectivity index (χ0) is 12.6. The predicted octanol–water partition coefficient (Wildman–Crippen LogP) is 2.92. The van der Waals surface area contributed by atoms with E-state index in [0.717, 1.165) is 26.1 Å². The van der Waals surface area contributed by atoms with Crippen LogP contribution in [0.25, 0.3) is 0 Å². The third-order valence-electron chi connectivity index (χ3n) is 2.91. The van der Waals surface area contributed by atoms with Crippen molar-refractivity contribution in [2.24, 2.45) is 0 Å². The molecule has 0 fully saturated rings. The Morgan fingerprint density at radius 3 is 2.78 bits per heavy atom. The summed E-state index contributed by atoms with van der Waals surface area (Å²) in [6.07, 6.45) is 8.68. The van der Waals surface area contributed by atoms with Gasteiger partial charge >= 0.3 is 0 Å². The first kappa shape index (κ1) is 12.4. The van der Waals surface area contributed by atoms with Crippen molar-refractivity contribution in [3.8, 4) is 0 Å². The molecule has 0 N–H and O–H groups in total. The van der Waals surface area contributed by atoms with Crippen LogP contribution in [0.4, 0.5) is 0 Å². The highest BCUT2D eigenvalue weighted by Crippen LogP contribution is 2.05. The van der Waals surface area contributed by atoms with Gasteiger partial charge in [-0.1, -0.05) is 36.9 Å². The molecular weight excluding hydrogens is 222 g/mol. The molecule has 3 nitrogen and oxygen atoms in total. The molecule has 0 aliphatic heterocycles. The number of aromatic nitrogens is 2. The first-order valence-corrected chi connectivity index (χ1v) is 6.25. The van der Waals surface area contributed by atoms with E-state index >= 15 is 0 Å². The van der Waals surface area contributed by atoms with Gasteiger partial charge in [0.2, 0.25) is 0 Å². The van der Waals surface area contributed by atoms with E-state index in [-0.39, 0.29) is 0 Å². The average molecular weight is 241 g/mol. The molecule has 2 rings (SSSR count). The summed E-state index contributed by atoms with van der Waals surface area (Å²) in [6.45, 7) is 6.81. The molecular formula is C15H19N3. The molecule has 1 aromatic carbocycles. The molecule has 18 heavy (non-hydrogen) atoms. The maximum Gasteiger partial charge on any atom is 0.0945 e. The van der Waals surface area contributed by atoms with Crippen molar-refractivity contribution in [1.82, 2.24) is 14.5 Å². The number of imidazole rings is 1. The number of nitrogens with zero attached hydrogens (tertiary/aromatic N) is 3. The molecule has 1 aromatic heterocycles. The van der Waals surface area contributed by atoms with Gasteiger partial charge in [0.25, 0.3) is 0 Å². The number of aryl methyl sites for hydroxylation is 1. The van der Waals surface area contributed by atoms with Crippen LogP contribution in [0.5, 0.6) is 0 Å². The van der Waals surface area contributed by atoms with Crippen LogP contribution in [0.1, 0.15) is 12.0 Å². The van der Waals surface area contributed by atoms with E-state index in [1.165, 1.54) is 5.56 Å². The van der Waals surface area contributed by atoms with Crippen LogP contribution >= 0.6 is 0 Å². The molecule has 0 saturated heterocycles. The normalized spacial score (nSPS) is 10.2. The monoisotopic (exact) mass is 241 g/mol. The Bertz CT molecular complexity index is 448. The van der Waals surface area contributed by atoms with Gasteiger partial charge in [-0.15, -0.1) is 0 Å². The van der Waals surface area contributed by atoms with Crippen LogP contribution in [-0.2, 0) is 13.1 Å². The second-order valence-corrected chi connectivity index (χ2v) is 4.29. The third-order valence-corrected chi connectivity index (χ3v) is 2.91. The summed E-state index contributed by atoms with van der Waals surface area (Å²) >= 11 is 0. The molecule has 3 heteroatoms. The molecule has 0 atom stereocenters. The molecule has 94 valence electrons. The van der Waals surface area contributed by atoms with Crippen molar-refractivity contribution < 1.29 is 0 Å². The standard InChI is InChI=1S/C15H19N3/c1-2-17(13-15-7-4-3-5-8-15)10-6-11-18-12-9-16-14-18/h2-5,7-9,12,14H,1,6,10-11,13H2. The maximum atomic E-state index is 4.04. The van der Waals surface area contributed by atoms with E-state index in [0.29, 0.717) is 0 Å². The Kier molecular flexibility index (Phi) is 4.59. The smallest absolute Gasteiger partial charge is 0.0945 e. The fourth-order valence-electron chi connectivity index (χ4n) is 1.93. The zero-order valence-electron chi connectivity index (χ0n) is 10.6. The first-order chi connectivity index (χ1) is 8.88. The quantitative estimate of drug-likeness (QED) is 0.743. The zero-order valence-corrected chi connectivity index (χ0v) is 10.6. The second-order valence-electron chi connectivity index (χ2n) is 4.29. The van der Waals surface area contributed by atoms with Gasteiger partial charge < -0.3 is 9.47 Å². The van der Waals surface area contributed by atoms with Crippen molar-refractivity contribution >= 4 is 0 Å². The largest absolute Gasteiger partial charge is 0.374 e. The molecule has 0 radical (unpaired) electrons. The van der Waals surface area contributed by atoms with Gasteiger partial charge in [0.15, 0.2) is 0 Å². The Balaban J connectivity index is 1.77. The summed E-state index contributed by atoms with van der Waals surface area (Å²) in [5.41, 5.74) is 1.32. The molecule has 1 heterocycles. The van der Waals surface area contributed by atoms with Gasteiger partial charge in [0.05, 0.1) is 6.33 Å². The van der Waals surface area contributed by atoms with E-state index in [1.807, 2.05) is 31.0 Å². The summed E-state index contributed by atoms with van der Waals surface area (Å²) in [5.74, 6) is 0. The lowest BCUT2D eigenvalue weighted by molar-refractivity contribution is 0.353. The molecule has 0 aliphatic rings. The predicted molar refractivity (Wildman–Crippen MR) is 73.9 cm³/mol. The summed E-state index contributed by atoms with van der Waals surface area (Å²) in [6, 6.07) is 10.5. The SMILES string of the molecule is C=CN(CCCn1ccnc1)Cc1ccccc1. The van der Waals surface area contributed by atoms with Gasteiger partial charge in [-0.25, -0.2) is 4.98 Å². The van der Waals surface area contributed by atoms with Crippen molar-refractivity contribution in [2.45, 2.75) is 19.5 Å². The fourth-order valence-corrected chi connectivity index (χ4v) is 1.93. The van der Waals surface area contributed by atoms with Gasteiger partial charge in [0.1, 0.15) is 0 Å². The Morgan fingerprint density at radius 1 is 1.28 bits per heavy atom. The van der Waals surface area contributed by atoms with E-state index in [2.05, 4.69) is 45.3 Å². The Morgan fingerprint density at radius 2 is 2.11 bits per heavy atom. The van der Waals surface area contributed by atoms with Gasteiger partial charge in [-0.05, 0) is 18.2 Å². The lowest BCUT2D eigenvalue weighted by atomic mass is 10.2. The van der Waals surface area contributed by atoms with Crippen molar-refractivity contribution in [3.05, 3.63) is 67.4 Å². The topological polar surface area (TPSA) is 21.1 Å². The summed E-state index contributed by atoms with van der Waals surface area (Å²) in [4.78, 5) is 6.28. The minimum absolute atomic E-state index is 0.925. The highest BCUT2D eigenvalue weighted by atomic mass is 15.1. The highest BCUT2D eigenvalue weighted by Gasteiger charge is 2.00. The highest BCUT2D eigenvalue weighted by molar-refractivity contribution is 5.14. The summed E-state index contributed by atoms with van der Waals surface area (Å²) < 4.78 is 2.10. The summed E-state index contributed by atoms with van der Waals surface area (Å²) in [7, 11) is 0.